The summed E-state index contributed by atoms with van der Waals surface area (Å²) in [4.78, 5) is 104. The van der Waals surface area contributed by atoms with Crippen molar-refractivity contribution in [2.45, 2.75) is 128 Å². The highest BCUT2D eigenvalue weighted by Crippen LogP contribution is 2.26. The van der Waals surface area contributed by atoms with Gasteiger partial charge < -0.3 is 47.9 Å². The first kappa shape index (κ1) is 44.1. The van der Waals surface area contributed by atoms with Crippen molar-refractivity contribution >= 4 is 58.1 Å². The SMILES string of the molecule is CC(C)C[C@@H]1NC(=O)[C@H](CC[S@@](C)=O)NC(=O)[C@H](C(C)C)NC(=O)[C@H](C)NC(=O)[C@@H]2CCCN2C(=O)[C@@H]2CCCN2C(=O)[C@H](CCCN=C(N)N)NC1=O. The summed E-state index contributed by atoms with van der Waals surface area (Å²) in [6.07, 6.45) is 3.81. The summed E-state index contributed by atoms with van der Waals surface area (Å²) in [5.74, 6) is -4.73. The molecule has 0 spiro atoms. The molecule has 19 heteroatoms. The van der Waals surface area contributed by atoms with Gasteiger partial charge in [0.2, 0.25) is 41.4 Å². The van der Waals surface area contributed by atoms with Gasteiger partial charge in [0.1, 0.15) is 42.3 Å². The highest BCUT2D eigenvalue weighted by molar-refractivity contribution is 7.84. The molecule has 9 N–H and O–H groups in total. The maximum Gasteiger partial charge on any atom is 0.246 e. The fraction of sp³-hybridized carbons (Fsp3) is 0.771. The lowest BCUT2D eigenvalue weighted by Gasteiger charge is -2.33. The summed E-state index contributed by atoms with van der Waals surface area (Å²) < 4.78 is 12.1. The van der Waals surface area contributed by atoms with Crippen LogP contribution in [0.3, 0.4) is 0 Å². The number of hydrogen-bond donors (Lipinski definition) is 7. The van der Waals surface area contributed by atoms with E-state index in [9.17, 15) is 37.8 Å². The predicted octanol–water partition coefficient (Wildman–Crippen LogP) is -2.05. The number of carbonyl (C=O) groups is 7. The number of nitrogens with zero attached hydrogens (tertiary/aromatic N) is 3. The molecule has 18 nitrogen and oxygen atoms in total. The Balaban J connectivity index is 2.07. The van der Waals surface area contributed by atoms with Gasteiger partial charge in [0.25, 0.3) is 0 Å². The van der Waals surface area contributed by atoms with Gasteiger partial charge in [-0.2, -0.15) is 0 Å². The van der Waals surface area contributed by atoms with Crippen molar-refractivity contribution in [2.75, 3.05) is 31.6 Å². The fourth-order valence-corrected chi connectivity index (χ4v) is 7.56. The van der Waals surface area contributed by atoms with Crippen molar-refractivity contribution in [1.29, 1.82) is 0 Å². The van der Waals surface area contributed by atoms with Gasteiger partial charge in [-0.25, -0.2) is 0 Å². The summed E-state index contributed by atoms with van der Waals surface area (Å²) >= 11 is 0. The highest BCUT2D eigenvalue weighted by Gasteiger charge is 2.44. The Morgan fingerprint density at radius 1 is 0.741 bits per heavy atom. The van der Waals surface area contributed by atoms with Gasteiger partial charge in [-0.3, -0.25) is 42.8 Å². The van der Waals surface area contributed by atoms with Gasteiger partial charge in [-0.05, 0) is 70.1 Å². The summed E-state index contributed by atoms with van der Waals surface area (Å²) in [5.41, 5.74) is 11.0. The molecule has 54 heavy (non-hydrogen) atoms. The third kappa shape index (κ3) is 12.4. The second-order valence-electron chi connectivity index (χ2n) is 15.2. The first-order chi connectivity index (χ1) is 25.4. The quantitative estimate of drug-likeness (QED) is 0.0725. The molecule has 0 saturated carbocycles. The third-order valence-electron chi connectivity index (χ3n) is 9.89. The molecule has 8 atom stereocenters. The van der Waals surface area contributed by atoms with E-state index in [0.29, 0.717) is 32.1 Å². The number of amides is 7. The van der Waals surface area contributed by atoms with Crippen LogP contribution in [0.25, 0.3) is 0 Å². The van der Waals surface area contributed by atoms with Crippen LogP contribution in [0.4, 0.5) is 0 Å². The summed E-state index contributed by atoms with van der Waals surface area (Å²) in [6.45, 7) is 9.31. The van der Waals surface area contributed by atoms with Gasteiger partial charge in [-0.15, -0.1) is 0 Å². The Kier molecular flexibility index (Phi) is 16.7. The van der Waals surface area contributed by atoms with Crippen LogP contribution in [0, 0.1) is 11.8 Å². The van der Waals surface area contributed by atoms with Crippen molar-refractivity contribution in [3.8, 4) is 0 Å². The lowest BCUT2D eigenvalue weighted by molar-refractivity contribution is -0.148. The molecule has 3 saturated heterocycles. The van der Waals surface area contributed by atoms with E-state index >= 15 is 0 Å². The van der Waals surface area contributed by atoms with E-state index < -0.39 is 100 Å². The number of hydrogen-bond acceptors (Lipinski definition) is 9. The van der Waals surface area contributed by atoms with E-state index in [4.69, 9.17) is 11.5 Å². The number of nitrogens with one attached hydrogen (secondary N) is 5. The van der Waals surface area contributed by atoms with Crippen molar-refractivity contribution in [3.63, 3.8) is 0 Å². The number of fused-ring (bicyclic) bond motifs is 2. The lowest BCUT2D eigenvalue weighted by atomic mass is 10.0. The van der Waals surface area contributed by atoms with Crippen LogP contribution in [0.15, 0.2) is 4.99 Å². The molecule has 3 aliphatic rings. The lowest BCUT2D eigenvalue weighted by Crippen LogP contribution is -2.60. The van der Waals surface area contributed by atoms with E-state index in [1.807, 2.05) is 13.8 Å². The van der Waals surface area contributed by atoms with Crippen LogP contribution < -0.4 is 38.1 Å². The maximum absolute atomic E-state index is 14.3. The van der Waals surface area contributed by atoms with E-state index in [-0.39, 0.29) is 56.5 Å². The van der Waals surface area contributed by atoms with Crippen LogP contribution in [0.5, 0.6) is 0 Å². The topological polar surface area (TPSA) is 268 Å². The van der Waals surface area contributed by atoms with Crippen molar-refractivity contribution in [3.05, 3.63) is 0 Å². The van der Waals surface area contributed by atoms with E-state index in [0.717, 1.165) is 0 Å². The molecule has 0 aromatic heterocycles. The van der Waals surface area contributed by atoms with Gasteiger partial charge in [0.05, 0.1) is 0 Å². The van der Waals surface area contributed by atoms with Crippen LogP contribution >= 0.6 is 0 Å². The first-order valence-corrected chi connectivity index (χ1v) is 20.6. The smallest absolute Gasteiger partial charge is 0.246 e. The molecule has 0 bridgehead atoms. The van der Waals surface area contributed by atoms with Crippen LogP contribution in [0.1, 0.15) is 86.0 Å². The van der Waals surface area contributed by atoms with Crippen LogP contribution in [0.2, 0.25) is 0 Å². The summed E-state index contributed by atoms with van der Waals surface area (Å²) in [5, 5.41) is 13.6. The monoisotopic (exact) mass is 780 g/mol. The average molecular weight is 781 g/mol. The Bertz CT molecular complexity index is 1450. The summed E-state index contributed by atoms with van der Waals surface area (Å²) in [6, 6.07) is -7.43. The molecule has 0 aromatic carbocycles. The minimum atomic E-state index is -1.33. The predicted molar refractivity (Wildman–Crippen MR) is 203 cm³/mol. The fourth-order valence-electron chi connectivity index (χ4n) is 6.99. The molecule has 304 valence electrons. The van der Waals surface area contributed by atoms with Crippen molar-refractivity contribution in [1.82, 2.24) is 36.4 Å². The zero-order valence-electron chi connectivity index (χ0n) is 32.4. The van der Waals surface area contributed by atoms with Crippen molar-refractivity contribution in [2.24, 2.45) is 28.3 Å². The molecule has 0 unspecified atom stereocenters. The van der Waals surface area contributed by atoms with E-state index in [1.165, 1.54) is 23.0 Å². The van der Waals surface area contributed by atoms with Crippen LogP contribution in [-0.2, 0) is 44.4 Å². The van der Waals surface area contributed by atoms with Gasteiger partial charge in [0, 0.05) is 42.4 Å². The minimum absolute atomic E-state index is 0.0317. The second-order valence-corrected chi connectivity index (χ2v) is 16.7. The Labute approximate surface area is 319 Å². The molecule has 7 amide bonds. The first-order valence-electron chi connectivity index (χ1n) is 18.9. The van der Waals surface area contributed by atoms with Gasteiger partial charge in [-0.1, -0.05) is 27.7 Å². The molecule has 3 aliphatic heterocycles. The largest absolute Gasteiger partial charge is 0.370 e. The molecule has 0 aliphatic carbocycles. The molecule has 0 radical (unpaired) electrons. The second kappa shape index (κ2) is 20.4. The third-order valence-corrected chi connectivity index (χ3v) is 10.7. The number of carbonyl (C=O) groups excluding carboxylic acids is 7. The average Bonchev–Trinajstić information content (AvgIpc) is 3.79. The number of nitrogens with two attached hydrogens (primary N) is 2. The Hall–Kier alpha value is -4.29. The number of aliphatic imine (C=N–C) groups is 1. The molecule has 0 aromatic rings. The molecule has 3 rings (SSSR count). The normalized spacial score (nSPS) is 28.7. The number of guanidine groups is 1. The van der Waals surface area contributed by atoms with E-state index in [1.54, 1.807) is 13.8 Å². The zero-order chi connectivity index (χ0) is 40.3. The zero-order valence-corrected chi connectivity index (χ0v) is 33.2. The number of rotatable bonds is 10. The van der Waals surface area contributed by atoms with Gasteiger partial charge in [0.15, 0.2) is 5.96 Å². The molecule has 3 fully saturated rings. The van der Waals surface area contributed by atoms with Crippen molar-refractivity contribution < 1.29 is 37.8 Å². The van der Waals surface area contributed by atoms with Gasteiger partial charge >= 0.3 is 0 Å². The van der Waals surface area contributed by atoms with E-state index in [2.05, 4.69) is 31.6 Å². The molecular formula is C35H60N10O8S. The Morgan fingerprint density at radius 2 is 1.31 bits per heavy atom. The standard InChI is InChI=1S/C35H60N10O8S/c1-19(2)18-24-30(48)41-23(10-7-14-38-35(36)37)33(51)45-16-9-12-26(45)34(52)44-15-8-11-25(44)31(49)39-21(5)28(46)43-27(20(3)4)32(50)40-22(29(47)42-24)13-17-54(6)53/h19-27H,7-18H2,1-6H3,(H,39,49)(H,40,50)(H,41,48)(H,42,47)(H,43,46)(H4,36,37,38)/t21-,22-,23-,24-,25-,26-,27-,54+/m0/s1. The summed E-state index contributed by atoms with van der Waals surface area (Å²) in [7, 11) is -1.33. The minimum Gasteiger partial charge on any atom is -0.370 e. The molecule has 3 heterocycles. The van der Waals surface area contributed by atoms with Crippen LogP contribution in [-0.4, -0.2) is 135 Å². The maximum atomic E-state index is 14.3. The Morgan fingerprint density at radius 3 is 1.91 bits per heavy atom. The molecular weight excluding hydrogens is 721 g/mol. The highest BCUT2D eigenvalue weighted by atomic mass is 32.2.